The van der Waals surface area contributed by atoms with Crippen molar-refractivity contribution in [1.29, 1.82) is 0 Å². The molecule has 0 bridgehead atoms. The highest BCUT2D eigenvalue weighted by molar-refractivity contribution is 7.99. The Labute approximate surface area is 103 Å². The molecule has 2 heteroatoms. The van der Waals surface area contributed by atoms with Gasteiger partial charge in [0.05, 0.1) is 0 Å². The molecule has 16 heavy (non-hydrogen) atoms. The molecule has 0 fully saturated rings. The average Bonchev–Trinajstić information content (AvgIpc) is 2.29. The number of benzene rings is 1. The van der Waals surface area contributed by atoms with E-state index in [0.29, 0.717) is 18.0 Å². The molecule has 1 heterocycles. The van der Waals surface area contributed by atoms with Crippen LogP contribution in [-0.2, 0) is 0 Å². The van der Waals surface area contributed by atoms with Crippen molar-refractivity contribution in [2.45, 2.75) is 44.2 Å². The van der Waals surface area contributed by atoms with Crippen molar-refractivity contribution in [2.75, 3.05) is 5.75 Å². The van der Waals surface area contributed by atoms with Gasteiger partial charge in [-0.25, -0.2) is 0 Å². The molecule has 1 aromatic rings. The maximum Gasteiger partial charge on any atom is 0.0341 e. The van der Waals surface area contributed by atoms with Crippen molar-refractivity contribution < 1.29 is 0 Å². The molecule has 2 unspecified atom stereocenters. The predicted octanol–water partition coefficient (Wildman–Crippen LogP) is 3.86. The summed E-state index contributed by atoms with van der Waals surface area (Å²) in [4.78, 5) is 1.46. The first-order valence-corrected chi connectivity index (χ1v) is 7.15. The van der Waals surface area contributed by atoms with Gasteiger partial charge in [0, 0.05) is 17.0 Å². The Morgan fingerprint density at radius 1 is 1.25 bits per heavy atom. The molecular weight excluding hydrogens is 214 g/mol. The summed E-state index contributed by atoms with van der Waals surface area (Å²) in [5.74, 6) is 1.93. The molecule has 0 aromatic heterocycles. The van der Waals surface area contributed by atoms with Gasteiger partial charge < -0.3 is 5.32 Å². The lowest BCUT2D eigenvalue weighted by atomic mass is 9.99. The van der Waals surface area contributed by atoms with Gasteiger partial charge in [-0.1, -0.05) is 32.0 Å². The van der Waals surface area contributed by atoms with Gasteiger partial charge in [-0.05, 0) is 36.6 Å². The largest absolute Gasteiger partial charge is 0.307 e. The second kappa shape index (κ2) is 5.24. The smallest absolute Gasteiger partial charge is 0.0341 e. The molecule has 0 spiro atoms. The standard InChI is InChI=1S/C14H21NS/c1-10(2)11(3)15-13-8-9-16-14-7-5-4-6-12(13)14/h4-7,10-11,13,15H,8-9H2,1-3H3. The van der Waals surface area contributed by atoms with Crippen LogP contribution in [0.5, 0.6) is 0 Å². The van der Waals surface area contributed by atoms with Crippen molar-refractivity contribution in [3.8, 4) is 0 Å². The second-order valence-corrected chi connectivity index (χ2v) is 6.06. The number of fused-ring (bicyclic) bond motifs is 1. The third-order valence-electron chi connectivity index (χ3n) is 3.42. The van der Waals surface area contributed by atoms with Crippen molar-refractivity contribution in [3.05, 3.63) is 29.8 Å². The molecule has 1 nitrogen and oxygen atoms in total. The third-order valence-corrected chi connectivity index (χ3v) is 4.55. The first-order chi connectivity index (χ1) is 7.68. The van der Waals surface area contributed by atoms with E-state index in [4.69, 9.17) is 0 Å². The highest BCUT2D eigenvalue weighted by Gasteiger charge is 2.22. The third kappa shape index (κ3) is 2.61. The van der Waals surface area contributed by atoms with Gasteiger partial charge in [-0.2, -0.15) is 0 Å². The van der Waals surface area contributed by atoms with Crippen molar-refractivity contribution >= 4 is 11.8 Å². The van der Waals surface area contributed by atoms with Crippen LogP contribution in [0.3, 0.4) is 0 Å². The predicted molar refractivity (Wildman–Crippen MR) is 72.0 cm³/mol. The van der Waals surface area contributed by atoms with Crippen molar-refractivity contribution in [3.63, 3.8) is 0 Å². The van der Waals surface area contributed by atoms with Gasteiger partial charge >= 0.3 is 0 Å². The molecule has 0 saturated heterocycles. The lowest BCUT2D eigenvalue weighted by Gasteiger charge is -2.30. The molecule has 1 aliphatic rings. The summed E-state index contributed by atoms with van der Waals surface area (Å²) in [5.41, 5.74) is 1.49. The summed E-state index contributed by atoms with van der Waals surface area (Å²) >= 11 is 1.99. The Hall–Kier alpha value is -0.470. The van der Waals surface area contributed by atoms with E-state index in [-0.39, 0.29) is 0 Å². The normalized spacial score (nSPS) is 21.9. The van der Waals surface area contributed by atoms with Gasteiger partial charge in [0.1, 0.15) is 0 Å². The number of hydrogen-bond donors (Lipinski definition) is 1. The van der Waals surface area contributed by atoms with E-state index >= 15 is 0 Å². The lowest BCUT2D eigenvalue weighted by Crippen LogP contribution is -2.35. The Bertz CT molecular complexity index is 348. The Balaban J connectivity index is 2.13. The number of hydrogen-bond acceptors (Lipinski definition) is 2. The molecule has 2 rings (SSSR count). The first kappa shape index (κ1) is 12.0. The fourth-order valence-corrected chi connectivity index (χ4v) is 3.15. The molecule has 0 saturated carbocycles. The fraction of sp³-hybridized carbons (Fsp3) is 0.571. The minimum absolute atomic E-state index is 0.551. The molecule has 0 radical (unpaired) electrons. The quantitative estimate of drug-likeness (QED) is 0.854. The zero-order valence-electron chi connectivity index (χ0n) is 10.4. The summed E-state index contributed by atoms with van der Waals surface area (Å²) in [6, 6.07) is 9.94. The molecule has 0 aliphatic carbocycles. The minimum atomic E-state index is 0.551. The van der Waals surface area contributed by atoms with E-state index in [1.54, 1.807) is 0 Å². The highest BCUT2D eigenvalue weighted by Crippen LogP contribution is 2.36. The summed E-state index contributed by atoms with van der Waals surface area (Å²) < 4.78 is 0. The van der Waals surface area contributed by atoms with E-state index in [1.807, 2.05) is 11.8 Å². The van der Waals surface area contributed by atoms with E-state index in [0.717, 1.165) is 0 Å². The van der Waals surface area contributed by atoms with Crippen LogP contribution in [0.25, 0.3) is 0 Å². The first-order valence-electron chi connectivity index (χ1n) is 6.16. The van der Waals surface area contributed by atoms with Crippen LogP contribution >= 0.6 is 11.8 Å². The van der Waals surface area contributed by atoms with Crippen LogP contribution in [0.1, 0.15) is 38.8 Å². The number of thioether (sulfide) groups is 1. The molecule has 1 aromatic carbocycles. The Morgan fingerprint density at radius 3 is 2.75 bits per heavy atom. The topological polar surface area (TPSA) is 12.0 Å². The van der Waals surface area contributed by atoms with Gasteiger partial charge in [-0.15, -0.1) is 11.8 Å². The van der Waals surface area contributed by atoms with E-state index in [1.165, 1.54) is 22.6 Å². The molecular formula is C14H21NS. The van der Waals surface area contributed by atoms with Crippen LogP contribution in [0.2, 0.25) is 0 Å². The SMILES string of the molecule is CC(C)C(C)NC1CCSc2ccccc21. The zero-order chi connectivity index (χ0) is 11.5. The van der Waals surface area contributed by atoms with Crippen molar-refractivity contribution in [2.24, 2.45) is 5.92 Å². The lowest BCUT2D eigenvalue weighted by molar-refractivity contribution is 0.367. The second-order valence-electron chi connectivity index (χ2n) is 4.93. The number of nitrogens with one attached hydrogen (secondary N) is 1. The molecule has 1 aliphatic heterocycles. The van der Waals surface area contributed by atoms with Gasteiger partial charge in [0.2, 0.25) is 0 Å². The van der Waals surface area contributed by atoms with Crippen LogP contribution in [-0.4, -0.2) is 11.8 Å². The monoisotopic (exact) mass is 235 g/mol. The highest BCUT2D eigenvalue weighted by atomic mass is 32.2. The van der Waals surface area contributed by atoms with Gasteiger partial charge in [0.15, 0.2) is 0 Å². The molecule has 2 atom stereocenters. The van der Waals surface area contributed by atoms with Crippen LogP contribution in [0, 0.1) is 5.92 Å². The van der Waals surface area contributed by atoms with E-state index in [2.05, 4.69) is 50.4 Å². The summed E-state index contributed by atoms with van der Waals surface area (Å²) in [5, 5.41) is 3.76. The van der Waals surface area contributed by atoms with Crippen LogP contribution in [0.15, 0.2) is 29.2 Å². The maximum atomic E-state index is 3.76. The van der Waals surface area contributed by atoms with E-state index in [9.17, 15) is 0 Å². The summed E-state index contributed by atoms with van der Waals surface area (Å²) in [7, 11) is 0. The molecule has 1 N–H and O–H groups in total. The summed E-state index contributed by atoms with van der Waals surface area (Å²) in [6.07, 6.45) is 1.25. The van der Waals surface area contributed by atoms with Crippen LogP contribution < -0.4 is 5.32 Å². The fourth-order valence-electron chi connectivity index (χ4n) is 2.02. The van der Waals surface area contributed by atoms with Gasteiger partial charge in [-0.3, -0.25) is 0 Å². The molecule has 0 amide bonds. The summed E-state index contributed by atoms with van der Waals surface area (Å²) in [6.45, 7) is 6.84. The minimum Gasteiger partial charge on any atom is -0.307 e. The Kier molecular flexibility index (Phi) is 3.93. The van der Waals surface area contributed by atoms with Crippen LogP contribution in [0.4, 0.5) is 0 Å². The Morgan fingerprint density at radius 2 is 2.00 bits per heavy atom. The average molecular weight is 235 g/mol. The van der Waals surface area contributed by atoms with Gasteiger partial charge in [0.25, 0.3) is 0 Å². The van der Waals surface area contributed by atoms with Crippen molar-refractivity contribution in [1.82, 2.24) is 5.32 Å². The number of rotatable bonds is 3. The molecule has 88 valence electrons. The van der Waals surface area contributed by atoms with E-state index < -0.39 is 0 Å². The maximum absolute atomic E-state index is 3.76. The zero-order valence-corrected chi connectivity index (χ0v) is 11.2.